The number of hydrogen-bond acceptors (Lipinski definition) is 5. The predicted molar refractivity (Wildman–Crippen MR) is 109 cm³/mol. The van der Waals surface area contributed by atoms with Gasteiger partial charge in [0.15, 0.2) is 5.13 Å². The average Bonchev–Trinajstić information content (AvgIpc) is 3.06. The molecule has 8 heteroatoms. The number of benzene rings is 2. The van der Waals surface area contributed by atoms with E-state index in [1.54, 1.807) is 24.4 Å². The summed E-state index contributed by atoms with van der Waals surface area (Å²) in [6, 6.07) is 10.4. The second-order valence-electron chi connectivity index (χ2n) is 6.24. The summed E-state index contributed by atoms with van der Waals surface area (Å²) in [5.74, 6) is 0. The molecule has 142 valence electrons. The van der Waals surface area contributed by atoms with Crippen molar-refractivity contribution in [1.29, 1.82) is 0 Å². The highest BCUT2D eigenvalue weighted by atomic mass is 35.5. The summed E-state index contributed by atoms with van der Waals surface area (Å²) in [5, 5.41) is 12.9. The topological polar surface area (TPSA) is 79.3 Å². The lowest BCUT2D eigenvalue weighted by molar-refractivity contribution is 0.215. The van der Waals surface area contributed by atoms with Gasteiger partial charge in [0.1, 0.15) is 6.10 Å². The number of nitrogens with zero attached hydrogens (tertiary/aromatic N) is 1. The first kappa shape index (κ1) is 19.8. The lowest BCUT2D eigenvalue weighted by atomic mass is 9.98. The number of aryl methyl sites for hydroxylation is 1. The molecule has 3 rings (SSSR count). The average molecular weight is 423 g/mol. The van der Waals surface area contributed by atoms with Crippen LogP contribution >= 0.6 is 22.9 Å². The first-order valence-corrected chi connectivity index (χ1v) is 10.9. The summed E-state index contributed by atoms with van der Waals surface area (Å²) in [7, 11) is -3.83. The van der Waals surface area contributed by atoms with E-state index in [2.05, 4.69) is 9.71 Å². The van der Waals surface area contributed by atoms with E-state index >= 15 is 0 Å². The molecule has 1 atom stereocenters. The lowest BCUT2D eigenvalue weighted by Gasteiger charge is -2.13. The SMILES string of the molecule is Cc1cccc(C(O)c2csc(NS(=O)(=O)c3cccc(Cl)c3C)n2)c1C. The normalized spacial score (nSPS) is 12.8. The quantitative estimate of drug-likeness (QED) is 0.629. The molecule has 3 aromatic rings. The van der Waals surface area contributed by atoms with E-state index in [4.69, 9.17) is 11.6 Å². The zero-order chi connectivity index (χ0) is 19.8. The van der Waals surface area contributed by atoms with Gasteiger partial charge in [-0.2, -0.15) is 0 Å². The molecule has 1 aromatic heterocycles. The standard InChI is InChI=1S/C19H19ClN2O3S2/c1-11-6-4-7-14(12(11)2)18(23)16-10-26-19(21-16)22-27(24,25)17-9-5-8-15(20)13(17)3/h4-10,18,23H,1-3H3,(H,21,22). The van der Waals surface area contributed by atoms with E-state index in [1.165, 1.54) is 6.07 Å². The largest absolute Gasteiger partial charge is 0.382 e. The van der Waals surface area contributed by atoms with Crippen molar-refractivity contribution < 1.29 is 13.5 Å². The zero-order valence-electron chi connectivity index (χ0n) is 15.0. The molecule has 0 amide bonds. The van der Waals surface area contributed by atoms with Crippen LogP contribution in [-0.4, -0.2) is 18.5 Å². The van der Waals surface area contributed by atoms with Crippen LogP contribution in [0, 0.1) is 20.8 Å². The summed E-state index contributed by atoms with van der Waals surface area (Å²) in [6.45, 7) is 5.56. The van der Waals surface area contributed by atoms with Gasteiger partial charge < -0.3 is 5.11 Å². The van der Waals surface area contributed by atoms with Gasteiger partial charge in [0.05, 0.1) is 10.6 Å². The van der Waals surface area contributed by atoms with E-state index in [9.17, 15) is 13.5 Å². The third-order valence-corrected chi connectivity index (χ3v) is 7.27. The smallest absolute Gasteiger partial charge is 0.263 e. The summed E-state index contributed by atoms with van der Waals surface area (Å²) in [4.78, 5) is 4.36. The molecule has 0 aliphatic carbocycles. The molecule has 5 nitrogen and oxygen atoms in total. The van der Waals surface area contributed by atoms with Crippen LogP contribution in [0.15, 0.2) is 46.7 Å². The van der Waals surface area contributed by atoms with Crippen LogP contribution in [0.4, 0.5) is 5.13 Å². The Morgan fingerprint density at radius 3 is 2.56 bits per heavy atom. The summed E-state index contributed by atoms with van der Waals surface area (Å²) in [6.07, 6.45) is -0.924. The highest BCUT2D eigenvalue weighted by Crippen LogP contribution is 2.30. The number of aromatic nitrogens is 1. The number of aliphatic hydroxyl groups is 1. The van der Waals surface area contributed by atoms with Gasteiger partial charge in [0.2, 0.25) is 0 Å². The maximum absolute atomic E-state index is 12.7. The molecule has 0 aliphatic heterocycles. The van der Waals surface area contributed by atoms with E-state index < -0.39 is 16.1 Å². The summed E-state index contributed by atoms with van der Waals surface area (Å²) >= 11 is 7.15. The lowest BCUT2D eigenvalue weighted by Crippen LogP contribution is -2.14. The summed E-state index contributed by atoms with van der Waals surface area (Å²) < 4.78 is 27.8. The highest BCUT2D eigenvalue weighted by molar-refractivity contribution is 7.93. The fraction of sp³-hybridized carbons (Fsp3) is 0.211. The van der Waals surface area contributed by atoms with Crippen molar-refractivity contribution in [3.8, 4) is 0 Å². The Morgan fingerprint density at radius 1 is 1.11 bits per heavy atom. The summed E-state index contributed by atoms with van der Waals surface area (Å²) in [5.41, 5.74) is 3.67. The Hall–Kier alpha value is -1.93. The minimum Gasteiger partial charge on any atom is -0.382 e. The van der Waals surface area contributed by atoms with Crippen LogP contribution in [0.5, 0.6) is 0 Å². The molecule has 0 saturated carbocycles. The van der Waals surface area contributed by atoms with Gasteiger partial charge in [-0.3, -0.25) is 4.72 Å². The minimum absolute atomic E-state index is 0.0989. The molecule has 0 aliphatic rings. The van der Waals surface area contributed by atoms with Crippen LogP contribution in [0.3, 0.4) is 0 Å². The highest BCUT2D eigenvalue weighted by Gasteiger charge is 2.22. The second-order valence-corrected chi connectivity index (χ2v) is 9.15. The monoisotopic (exact) mass is 422 g/mol. The van der Waals surface area contributed by atoms with Gasteiger partial charge in [-0.15, -0.1) is 11.3 Å². The van der Waals surface area contributed by atoms with Gasteiger partial charge in [-0.25, -0.2) is 13.4 Å². The van der Waals surface area contributed by atoms with Crippen molar-refractivity contribution in [3.05, 3.63) is 74.7 Å². The Labute approximate surface area is 167 Å². The Kier molecular flexibility index (Phi) is 5.58. The Balaban J connectivity index is 1.88. The number of sulfonamides is 1. The number of thiazole rings is 1. The molecule has 0 fully saturated rings. The minimum atomic E-state index is -3.83. The Bertz CT molecular complexity index is 1090. The van der Waals surface area contributed by atoms with Crippen molar-refractivity contribution in [2.45, 2.75) is 31.8 Å². The first-order valence-electron chi connectivity index (χ1n) is 8.18. The molecule has 27 heavy (non-hydrogen) atoms. The van der Waals surface area contributed by atoms with Gasteiger partial charge in [-0.1, -0.05) is 35.9 Å². The number of halogens is 1. The molecule has 2 aromatic carbocycles. The maximum Gasteiger partial charge on any atom is 0.263 e. The van der Waals surface area contributed by atoms with Crippen molar-refractivity contribution in [2.24, 2.45) is 0 Å². The second kappa shape index (κ2) is 7.59. The van der Waals surface area contributed by atoms with Crippen molar-refractivity contribution in [3.63, 3.8) is 0 Å². The van der Waals surface area contributed by atoms with Crippen molar-refractivity contribution in [1.82, 2.24) is 4.98 Å². The molecule has 0 radical (unpaired) electrons. The van der Waals surface area contributed by atoms with Crippen LogP contribution in [0.1, 0.15) is 34.1 Å². The maximum atomic E-state index is 12.7. The van der Waals surface area contributed by atoms with Crippen LogP contribution in [-0.2, 0) is 10.0 Å². The van der Waals surface area contributed by atoms with Crippen LogP contribution in [0.25, 0.3) is 0 Å². The van der Waals surface area contributed by atoms with Crippen molar-refractivity contribution >= 4 is 38.1 Å². The number of hydrogen-bond donors (Lipinski definition) is 2. The van der Waals surface area contributed by atoms with E-state index in [0.29, 0.717) is 16.3 Å². The Morgan fingerprint density at radius 2 is 1.81 bits per heavy atom. The third-order valence-electron chi connectivity index (χ3n) is 4.47. The van der Waals surface area contributed by atoms with E-state index in [0.717, 1.165) is 28.0 Å². The molecule has 0 bridgehead atoms. The van der Waals surface area contributed by atoms with Crippen LogP contribution in [0.2, 0.25) is 5.02 Å². The van der Waals surface area contributed by atoms with Crippen LogP contribution < -0.4 is 4.72 Å². The number of nitrogens with one attached hydrogen (secondary N) is 1. The van der Waals surface area contributed by atoms with Gasteiger partial charge in [-0.05, 0) is 55.2 Å². The first-order chi connectivity index (χ1) is 12.7. The molecular weight excluding hydrogens is 404 g/mol. The van der Waals surface area contributed by atoms with E-state index in [1.807, 2.05) is 32.0 Å². The van der Waals surface area contributed by atoms with Gasteiger partial charge in [0.25, 0.3) is 10.0 Å². The van der Waals surface area contributed by atoms with Crippen molar-refractivity contribution in [2.75, 3.05) is 4.72 Å². The molecule has 2 N–H and O–H groups in total. The van der Waals surface area contributed by atoms with Gasteiger partial charge in [0, 0.05) is 10.4 Å². The fourth-order valence-corrected chi connectivity index (χ4v) is 5.22. The number of aliphatic hydroxyl groups excluding tert-OH is 1. The van der Waals surface area contributed by atoms with E-state index in [-0.39, 0.29) is 10.0 Å². The number of rotatable bonds is 5. The predicted octanol–water partition coefficient (Wildman–Crippen LogP) is 4.60. The molecule has 0 saturated heterocycles. The fourth-order valence-electron chi connectivity index (χ4n) is 2.74. The molecule has 1 heterocycles. The molecule has 0 spiro atoms. The molecule has 1 unspecified atom stereocenters. The third kappa shape index (κ3) is 4.01. The van der Waals surface area contributed by atoms with Gasteiger partial charge >= 0.3 is 0 Å². The number of anilines is 1. The molecular formula is C19H19ClN2O3S2. The zero-order valence-corrected chi connectivity index (χ0v) is 17.4.